The van der Waals surface area contributed by atoms with Crippen molar-refractivity contribution in [1.82, 2.24) is 10.2 Å². The molecule has 0 aliphatic carbocycles. The smallest absolute Gasteiger partial charge is 0.222 e. The molecular weight excluding hydrogens is 274 g/mol. The van der Waals surface area contributed by atoms with Crippen LogP contribution >= 0.6 is 0 Å². The van der Waals surface area contributed by atoms with Gasteiger partial charge in [-0.15, -0.1) is 0 Å². The number of rotatable bonds is 6. The number of likely N-dealkylation sites (N-methyl/N-ethyl adjacent to an activating group) is 1. The van der Waals surface area contributed by atoms with E-state index in [1.807, 2.05) is 11.9 Å². The summed E-state index contributed by atoms with van der Waals surface area (Å²) in [4.78, 5) is 13.4. The fourth-order valence-corrected chi connectivity index (χ4v) is 2.96. The molecule has 1 fully saturated rings. The number of carbonyl (C=O) groups excluding carboxylic acids is 1. The van der Waals surface area contributed by atoms with Crippen molar-refractivity contribution in [3.8, 4) is 6.07 Å². The Morgan fingerprint density at radius 2 is 2.14 bits per heavy atom. The first-order chi connectivity index (χ1) is 10.6. The van der Waals surface area contributed by atoms with Gasteiger partial charge in [0.15, 0.2) is 0 Å². The van der Waals surface area contributed by atoms with Crippen molar-refractivity contribution in [2.24, 2.45) is 0 Å². The molecule has 1 aromatic rings. The van der Waals surface area contributed by atoms with Gasteiger partial charge in [-0.1, -0.05) is 29.8 Å². The molecule has 22 heavy (non-hydrogen) atoms. The van der Waals surface area contributed by atoms with Crippen molar-refractivity contribution in [2.75, 3.05) is 13.6 Å². The van der Waals surface area contributed by atoms with Gasteiger partial charge in [0.2, 0.25) is 5.91 Å². The summed E-state index contributed by atoms with van der Waals surface area (Å²) in [5.74, 6) is 0.231. The van der Waals surface area contributed by atoms with Gasteiger partial charge in [-0.05, 0) is 31.7 Å². The molecule has 0 unspecified atom stereocenters. The number of nitrogens with zero attached hydrogens (tertiary/aromatic N) is 2. The molecule has 1 aliphatic heterocycles. The van der Waals surface area contributed by atoms with E-state index >= 15 is 0 Å². The maximum Gasteiger partial charge on any atom is 0.222 e. The van der Waals surface area contributed by atoms with Gasteiger partial charge in [-0.3, -0.25) is 4.79 Å². The van der Waals surface area contributed by atoms with Crippen LogP contribution in [0.3, 0.4) is 0 Å². The van der Waals surface area contributed by atoms with Crippen LogP contribution in [-0.4, -0.2) is 30.4 Å². The summed E-state index contributed by atoms with van der Waals surface area (Å²) in [7, 11) is 1.87. The molecule has 0 radical (unpaired) electrons. The highest BCUT2D eigenvalue weighted by Crippen LogP contribution is 2.22. The molecule has 1 N–H and O–H groups in total. The quantitative estimate of drug-likeness (QED) is 0.822. The van der Waals surface area contributed by atoms with E-state index in [2.05, 4.69) is 42.6 Å². The summed E-state index contributed by atoms with van der Waals surface area (Å²) in [5.41, 5.74) is 2.52. The van der Waals surface area contributed by atoms with E-state index in [0.717, 1.165) is 25.8 Å². The Morgan fingerprint density at radius 1 is 1.41 bits per heavy atom. The van der Waals surface area contributed by atoms with Crippen LogP contribution in [0.25, 0.3) is 0 Å². The highest BCUT2D eigenvalue weighted by Gasteiger charge is 2.25. The van der Waals surface area contributed by atoms with Gasteiger partial charge in [-0.25, -0.2) is 0 Å². The number of hydrogen-bond donors (Lipinski definition) is 1. The lowest BCUT2D eigenvalue weighted by Gasteiger charge is -2.33. The van der Waals surface area contributed by atoms with Crippen LogP contribution in [0.15, 0.2) is 24.3 Å². The first-order valence-electron chi connectivity index (χ1n) is 8.03. The number of nitriles is 1. The van der Waals surface area contributed by atoms with E-state index in [9.17, 15) is 4.79 Å². The molecule has 0 spiro atoms. The van der Waals surface area contributed by atoms with Crippen LogP contribution in [-0.2, 0) is 4.79 Å². The predicted octanol–water partition coefficient (Wildman–Crippen LogP) is 2.94. The molecule has 1 amide bonds. The lowest BCUT2D eigenvalue weighted by molar-refractivity contribution is -0.132. The maximum atomic E-state index is 11.6. The van der Waals surface area contributed by atoms with Gasteiger partial charge in [0, 0.05) is 38.5 Å². The zero-order chi connectivity index (χ0) is 15.9. The molecule has 1 saturated heterocycles. The molecule has 4 nitrogen and oxygen atoms in total. The SMILES string of the molecule is Cc1ccc([C@H](CCCC#N)N[C@H]2CCC(=O)N(C)C2)cc1. The lowest BCUT2D eigenvalue weighted by Crippen LogP contribution is -2.47. The molecule has 0 saturated carbocycles. The second-order valence-electron chi connectivity index (χ2n) is 6.19. The number of likely N-dealkylation sites (tertiary alicyclic amines) is 1. The number of unbranched alkanes of at least 4 members (excludes halogenated alkanes) is 1. The Labute approximate surface area is 133 Å². The second kappa shape index (κ2) is 7.95. The van der Waals surface area contributed by atoms with Crippen molar-refractivity contribution in [3.63, 3.8) is 0 Å². The van der Waals surface area contributed by atoms with E-state index in [1.54, 1.807) is 0 Å². The van der Waals surface area contributed by atoms with Crippen molar-refractivity contribution in [2.45, 2.75) is 51.1 Å². The molecule has 118 valence electrons. The Balaban J connectivity index is 2.02. The maximum absolute atomic E-state index is 11.6. The molecule has 0 bridgehead atoms. The predicted molar refractivity (Wildman–Crippen MR) is 87.2 cm³/mol. The molecule has 2 atom stereocenters. The van der Waals surface area contributed by atoms with E-state index in [0.29, 0.717) is 18.9 Å². The number of hydrogen-bond acceptors (Lipinski definition) is 3. The fraction of sp³-hybridized carbons (Fsp3) is 0.556. The summed E-state index contributed by atoms with van der Waals surface area (Å²) in [6.07, 6.45) is 3.94. The van der Waals surface area contributed by atoms with Crippen LogP contribution in [0.4, 0.5) is 0 Å². The third-order valence-corrected chi connectivity index (χ3v) is 4.32. The third-order valence-electron chi connectivity index (χ3n) is 4.32. The number of aryl methyl sites for hydroxylation is 1. The molecule has 4 heteroatoms. The zero-order valence-corrected chi connectivity index (χ0v) is 13.5. The van der Waals surface area contributed by atoms with Crippen LogP contribution in [0.2, 0.25) is 0 Å². The summed E-state index contributed by atoms with van der Waals surface area (Å²) >= 11 is 0. The fourth-order valence-electron chi connectivity index (χ4n) is 2.96. The largest absolute Gasteiger partial charge is 0.344 e. The Morgan fingerprint density at radius 3 is 2.77 bits per heavy atom. The molecule has 1 aliphatic rings. The van der Waals surface area contributed by atoms with E-state index in [1.165, 1.54) is 11.1 Å². The topological polar surface area (TPSA) is 56.1 Å². The molecule has 1 aromatic carbocycles. The minimum absolute atomic E-state index is 0.231. The van der Waals surface area contributed by atoms with E-state index < -0.39 is 0 Å². The third kappa shape index (κ3) is 4.57. The van der Waals surface area contributed by atoms with Gasteiger partial charge in [0.25, 0.3) is 0 Å². The van der Waals surface area contributed by atoms with Crippen LogP contribution < -0.4 is 5.32 Å². The van der Waals surface area contributed by atoms with Gasteiger partial charge in [-0.2, -0.15) is 5.26 Å². The molecule has 2 rings (SSSR count). The summed E-state index contributed by atoms with van der Waals surface area (Å²) < 4.78 is 0. The Hall–Kier alpha value is -1.86. The number of nitrogens with one attached hydrogen (secondary N) is 1. The van der Waals surface area contributed by atoms with E-state index in [-0.39, 0.29) is 11.9 Å². The zero-order valence-electron chi connectivity index (χ0n) is 13.5. The first-order valence-corrected chi connectivity index (χ1v) is 8.03. The summed E-state index contributed by atoms with van der Waals surface area (Å²) in [6.45, 7) is 2.85. The minimum atomic E-state index is 0.231. The van der Waals surface area contributed by atoms with Crippen molar-refractivity contribution >= 4 is 5.91 Å². The average molecular weight is 299 g/mol. The minimum Gasteiger partial charge on any atom is -0.344 e. The standard InChI is InChI=1S/C18H25N3O/c1-14-6-8-15(9-7-14)17(5-3-4-12-19)20-16-10-11-18(22)21(2)13-16/h6-9,16-17,20H,3-5,10-11,13H2,1-2H3/t16-,17-/m0/s1. The second-order valence-corrected chi connectivity index (χ2v) is 6.19. The summed E-state index contributed by atoms with van der Waals surface area (Å²) in [6, 6.07) is 11.4. The van der Waals surface area contributed by atoms with E-state index in [4.69, 9.17) is 5.26 Å². The lowest BCUT2D eigenvalue weighted by atomic mass is 9.97. The Bertz CT molecular complexity index is 532. The average Bonchev–Trinajstić information content (AvgIpc) is 2.51. The molecular formula is C18H25N3O. The Kier molecular flexibility index (Phi) is 5.97. The highest BCUT2D eigenvalue weighted by molar-refractivity contribution is 5.76. The van der Waals surface area contributed by atoms with Crippen molar-refractivity contribution < 1.29 is 4.79 Å². The van der Waals surface area contributed by atoms with Crippen molar-refractivity contribution in [3.05, 3.63) is 35.4 Å². The van der Waals surface area contributed by atoms with Crippen molar-refractivity contribution in [1.29, 1.82) is 5.26 Å². The van der Waals surface area contributed by atoms with Crippen LogP contribution in [0.1, 0.15) is 49.3 Å². The van der Waals surface area contributed by atoms with Gasteiger partial charge < -0.3 is 10.2 Å². The van der Waals surface area contributed by atoms with Gasteiger partial charge in [0.1, 0.15) is 0 Å². The van der Waals surface area contributed by atoms with Gasteiger partial charge >= 0.3 is 0 Å². The molecule has 1 heterocycles. The number of benzene rings is 1. The number of amides is 1. The summed E-state index contributed by atoms with van der Waals surface area (Å²) in [5, 5.41) is 12.5. The first kappa shape index (κ1) is 16.5. The number of piperidine rings is 1. The van der Waals surface area contributed by atoms with Gasteiger partial charge in [0.05, 0.1) is 6.07 Å². The number of carbonyl (C=O) groups is 1. The van der Waals surface area contributed by atoms with Crippen LogP contribution in [0, 0.1) is 18.3 Å². The monoisotopic (exact) mass is 299 g/mol. The normalized spacial score (nSPS) is 19.8. The highest BCUT2D eigenvalue weighted by atomic mass is 16.2. The van der Waals surface area contributed by atoms with Crippen LogP contribution in [0.5, 0.6) is 0 Å². The molecule has 0 aromatic heterocycles.